The van der Waals surface area contributed by atoms with Gasteiger partial charge in [-0.25, -0.2) is 4.79 Å². The summed E-state index contributed by atoms with van der Waals surface area (Å²) in [5.74, 6) is -1.47. The van der Waals surface area contributed by atoms with Crippen LogP contribution in [0.5, 0.6) is 0 Å². The molecule has 0 aliphatic rings. The molecule has 0 saturated carbocycles. The van der Waals surface area contributed by atoms with Crippen molar-refractivity contribution in [3.8, 4) is 0 Å². The van der Waals surface area contributed by atoms with Crippen LogP contribution < -0.4 is 10.6 Å². The predicted octanol–water partition coefficient (Wildman–Crippen LogP) is 5.00. The minimum Gasteiger partial charge on any atom is -0.478 e. The van der Waals surface area contributed by atoms with Gasteiger partial charge in [0, 0.05) is 5.69 Å². The van der Waals surface area contributed by atoms with Crippen molar-refractivity contribution in [1.29, 1.82) is 0 Å². The van der Waals surface area contributed by atoms with Gasteiger partial charge in [0.2, 0.25) is 0 Å². The SMILES string of the molecule is Cc1cccc(Nc2ccccc2C(=O)Nc2ccccc2C(=O)O)c1C. The summed E-state index contributed by atoms with van der Waals surface area (Å²) in [6.07, 6.45) is 0. The van der Waals surface area contributed by atoms with Crippen molar-refractivity contribution in [1.82, 2.24) is 0 Å². The lowest BCUT2D eigenvalue weighted by Crippen LogP contribution is -2.16. The number of aryl methyl sites for hydroxylation is 1. The lowest BCUT2D eigenvalue weighted by molar-refractivity contribution is 0.0698. The fourth-order valence-electron chi connectivity index (χ4n) is 2.79. The van der Waals surface area contributed by atoms with Crippen molar-refractivity contribution < 1.29 is 14.7 Å². The maximum atomic E-state index is 12.8. The third-order valence-corrected chi connectivity index (χ3v) is 4.45. The third-order valence-electron chi connectivity index (χ3n) is 4.45. The Kier molecular flexibility index (Phi) is 5.22. The second kappa shape index (κ2) is 7.74. The molecule has 27 heavy (non-hydrogen) atoms. The molecule has 0 aliphatic heterocycles. The number of carboxylic acid groups (broad SMARTS) is 1. The first-order chi connectivity index (χ1) is 13.0. The van der Waals surface area contributed by atoms with E-state index in [1.807, 2.05) is 44.2 Å². The van der Waals surface area contributed by atoms with Gasteiger partial charge in [0.25, 0.3) is 5.91 Å². The zero-order valence-corrected chi connectivity index (χ0v) is 15.1. The van der Waals surface area contributed by atoms with Gasteiger partial charge in [0.1, 0.15) is 0 Å². The highest BCUT2D eigenvalue weighted by Gasteiger charge is 2.16. The Morgan fingerprint density at radius 1 is 0.741 bits per heavy atom. The van der Waals surface area contributed by atoms with Crippen molar-refractivity contribution >= 4 is 28.9 Å². The second-order valence-corrected chi connectivity index (χ2v) is 6.22. The van der Waals surface area contributed by atoms with Crippen molar-refractivity contribution in [3.63, 3.8) is 0 Å². The Morgan fingerprint density at radius 3 is 2.04 bits per heavy atom. The molecule has 0 bridgehead atoms. The number of benzene rings is 3. The first-order valence-electron chi connectivity index (χ1n) is 8.53. The topological polar surface area (TPSA) is 78.4 Å². The average molecular weight is 360 g/mol. The Bertz CT molecular complexity index is 1010. The van der Waals surface area contributed by atoms with Crippen LogP contribution >= 0.6 is 0 Å². The summed E-state index contributed by atoms with van der Waals surface area (Å²) in [5.41, 5.74) is 4.56. The molecule has 5 nitrogen and oxygen atoms in total. The number of amides is 1. The summed E-state index contributed by atoms with van der Waals surface area (Å²) in [4.78, 5) is 24.2. The molecule has 3 aromatic rings. The van der Waals surface area contributed by atoms with E-state index in [2.05, 4.69) is 10.6 Å². The van der Waals surface area contributed by atoms with Crippen molar-refractivity contribution in [2.24, 2.45) is 0 Å². The van der Waals surface area contributed by atoms with Crippen LogP contribution in [0.15, 0.2) is 66.7 Å². The van der Waals surface area contributed by atoms with Crippen molar-refractivity contribution in [2.75, 3.05) is 10.6 Å². The van der Waals surface area contributed by atoms with Gasteiger partial charge in [0.05, 0.1) is 22.5 Å². The number of carboxylic acids is 1. The Labute approximate surface area is 157 Å². The van der Waals surface area contributed by atoms with E-state index in [0.717, 1.165) is 16.8 Å². The van der Waals surface area contributed by atoms with Gasteiger partial charge in [-0.2, -0.15) is 0 Å². The number of rotatable bonds is 5. The summed E-state index contributed by atoms with van der Waals surface area (Å²) >= 11 is 0. The van der Waals surface area contributed by atoms with Gasteiger partial charge in [-0.15, -0.1) is 0 Å². The van der Waals surface area contributed by atoms with Gasteiger partial charge in [-0.3, -0.25) is 4.79 Å². The maximum Gasteiger partial charge on any atom is 0.337 e. The molecule has 0 radical (unpaired) electrons. The number of carbonyl (C=O) groups is 2. The summed E-state index contributed by atoms with van der Waals surface area (Å²) in [6.45, 7) is 4.05. The number of hydrogen-bond donors (Lipinski definition) is 3. The molecule has 0 unspecified atom stereocenters. The van der Waals surface area contributed by atoms with Gasteiger partial charge in [-0.05, 0) is 55.3 Å². The predicted molar refractivity (Wildman–Crippen MR) is 107 cm³/mol. The minimum atomic E-state index is -1.09. The molecular weight excluding hydrogens is 340 g/mol. The van der Waals surface area contributed by atoms with E-state index in [4.69, 9.17) is 0 Å². The molecule has 0 aromatic heterocycles. The lowest BCUT2D eigenvalue weighted by atomic mass is 10.1. The van der Waals surface area contributed by atoms with Crippen LogP contribution in [0.1, 0.15) is 31.8 Å². The number of anilines is 3. The fourth-order valence-corrected chi connectivity index (χ4v) is 2.79. The van der Waals surface area contributed by atoms with Gasteiger partial charge < -0.3 is 15.7 Å². The quantitative estimate of drug-likeness (QED) is 0.598. The normalized spacial score (nSPS) is 10.3. The number of carbonyl (C=O) groups excluding carboxylic acids is 1. The van der Waals surface area contributed by atoms with Crippen LogP contribution in [0, 0.1) is 13.8 Å². The molecule has 3 rings (SSSR count). The fraction of sp³-hybridized carbons (Fsp3) is 0.0909. The summed E-state index contributed by atoms with van der Waals surface area (Å²) in [6, 6.07) is 19.4. The number of para-hydroxylation sites is 2. The molecule has 3 N–H and O–H groups in total. The molecule has 136 valence electrons. The first-order valence-corrected chi connectivity index (χ1v) is 8.53. The van der Waals surface area contributed by atoms with Crippen LogP contribution in [-0.4, -0.2) is 17.0 Å². The molecular formula is C22H20N2O3. The molecule has 0 spiro atoms. The Balaban J connectivity index is 1.91. The first kappa shape index (κ1) is 18.2. The average Bonchev–Trinajstić information content (AvgIpc) is 2.66. The van der Waals surface area contributed by atoms with E-state index in [-0.39, 0.29) is 17.2 Å². The van der Waals surface area contributed by atoms with E-state index in [1.54, 1.807) is 30.3 Å². The summed E-state index contributed by atoms with van der Waals surface area (Å²) < 4.78 is 0. The minimum absolute atomic E-state index is 0.0471. The second-order valence-electron chi connectivity index (χ2n) is 6.22. The third kappa shape index (κ3) is 3.98. The van der Waals surface area contributed by atoms with E-state index in [0.29, 0.717) is 11.3 Å². The van der Waals surface area contributed by atoms with E-state index < -0.39 is 5.97 Å². The zero-order chi connectivity index (χ0) is 19.4. The highest BCUT2D eigenvalue weighted by Crippen LogP contribution is 2.26. The van der Waals surface area contributed by atoms with Crippen LogP contribution in [0.2, 0.25) is 0 Å². The molecule has 0 fully saturated rings. The smallest absolute Gasteiger partial charge is 0.337 e. The van der Waals surface area contributed by atoms with Crippen LogP contribution in [-0.2, 0) is 0 Å². The maximum absolute atomic E-state index is 12.8. The standard InChI is InChI=1S/C22H20N2O3/c1-14-8-7-13-18(15(14)2)23-19-11-5-3-9-16(19)21(25)24-20-12-6-4-10-17(20)22(26)27/h3-13,23H,1-2H3,(H,24,25)(H,26,27). The van der Waals surface area contributed by atoms with Crippen molar-refractivity contribution in [2.45, 2.75) is 13.8 Å². The molecule has 0 saturated heterocycles. The largest absolute Gasteiger partial charge is 0.478 e. The van der Waals surface area contributed by atoms with Crippen LogP contribution in [0.4, 0.5) is 17.1 Å². The molecule has 5 heteroatoms. The lowest BCUT2D eigenvalue weighted by Gasteiger charge is -2.15. The molecule has 0 aliphatic carbocycles. The van der Waals surface area contributed by atoms with Gasteiger partial charge >= 0.3 is 5.97 Å². The highest BCUT2D eigenvalue weighted by atomic mass is 16.4. The zero-order valence-electron chi connectivity index (χ0n) is 15.1. The van der Waals surface area contributed by atoms with Crippen LogP contribution in [0.25, 0.3) is 0 Å². The van der Waals surface area contributed by atoms with Gasteiger partial charge in [0.15, 0.2) is 0 Å². The Hall–Kier alpha value is -3.60. The van der Waals surface area contributed by atoms with Crippen LogP contribution in [0.3, 0.4) is 0 Å². The van der Waals surface area contributed by atoms with E-state index in [1.165, 1.54) is 6.07 Å². The monoisotopic (exact) mass is 360 g/mol. The number of aromatic carboxylic acids is 1. The highest BCUT2D eigenvalue weighted by molar-refractivity contribution is 6.10. The Morgan fingerprint density at radius 2 is 1.33 bits per heavy atom. The van der Waals surface area contributed by atoms with E-state index in [9.17, 15) is 14.7 Å². The molecule has 0 heterocycles. The number of hydrogen-bond acceptors (Lipinski definition) is 3. The van der Waals surface area contributed by atoms with E-state index >= 15 is 0 Å². The molecule has 1 amide bonds. The molecule has 3 aromatic carbocycles. The number of nitrogens with one attached hydrogen (secondary N) is 2. The van der Waals surface area contributed by atoms with Gasteiger partial charge in [-0.1, -0.05) is 36.4 Å². The summed E-state index contributed by atoms with van der Waals surface area (Å²) in [5, 5.41) is 15.3. The van der Waals surface area contributed by atoms with Crippen molar-refractivity contribution in [3.05, 3.63) is 89.0 Å². The molecule has 0 atom stereocenters. The summed E-state index contributed by atoms with van der Waals surface area (Å²) in [7, 11) is 0.